The Hall–Kier alpha value is -2.09. The monoisotopic (exact) mass is 413 g/mol. The lowest BCUT2D eigenvalue weighted by Gasteiger charge is -2.17. The summed E-state index contributed by atoms with van der Waals surface area (Å²) < 4.78 is 46.7. The Morgan fingerprint density at radius 1 is 1.24 bits per heavy atom. The van der Waals surface area contributed by atoms with Gasteiger partial charge in [0.1, 0.15) is 5.65 Å². The molecule has 0 aromatic carbocycles. The molecule has 1 N–H and O–H groups in total. The second kappa shape index (κ2) is 10.6. The summed E-state index contributed by atoms with van der Waals surface area (Å²) in [6.07, 6.45) is 0.830. The van der Waals surface area contributed by atoms with Crippen LogP contribution in [0.4, 0.5) is 13.2 Å². The van der Waals surface area contributed by atoms with Crippen molar-refractivity contribution in [2.24, 2.45) is 5.92 Å². The maximum atomic E-state index is 13.3. The van der Waals surface area contributed by atoms with Crippen LogP contribution in [0.5, 0.6) is 0 Å². The van der Waals surface area contributed by atoms with Crippen molar-refractivity contribution in [1.29, 1.82) is 0 Å². The molecule has 0 aliphatic carbocycles. The van der Waals surface area contributed by atoms with E-state index < -0.39 is 11.9 Å². The Kier molecular flexibility index (Phi) is 8.49. The first kappa shape index (κ1) is 23.2. The van der Waals surface area contributed by atoms with Crippen molar-refractivity contribution in [3.05, 3.63) is 35.8 Å². The molecule has 0 spiro atoms. The number of halogens is 3. The van der Waals surface area contributed by atoms with Crippen molar-refractivity contribution in [3.8, 4) is 0 Å². The van der Waals surface area contributed by atoms with Gasteiger partial charge in [0.2, 0.25) is 0 Å². The topological polar surface area (TPSA) is 55.6 Å². The number of esters is 1. The van der Waals surface area contributed by atoms with E-state index in [0.717, 1.165) is 25.7 Å². The minimum Gasteiger partial charge on any atom is -0.463 e. The molecule has 0 fully saturated rings. The normalized spacial score (nSPS) is 13.2. The number of aromatic nitrogens is 2. The molecule has 0 amide bonds. The molecule has 8 heteroatoms. The van der Waals surface area contributed by atoms with E-state index >= 15 is 0 Å². The van der Waals surface area contributed by atoms with Crippen molar-refractivity contribution in [3.63, 3.8) is 0 Å². The van der Waals surface area contributed by atoms with E-state index in [1.54, 1.807) is 24.4 Å². The van der Waals surface area contributed by atoms with Crippen LogP contribution in [0, 0.1) is 5.92 Å². The van der Waals surface area contributed by atoms with Crippen molar-refractivity contribution in [1.82, 2.24) is 14.7 Å². The number of hydrogen-bond acceptors (Lipinski definition) is 4. The van der Waals surface area contributed by atoms with E-state index in [1.165, 1.54) is 4.40 Å². The van der Waals surface area contributed by atoms with Gasteiger partial charge in [0.05, 0.1) is 11.8 Å². The maximum absolute atomic E-state index is 13.3. The smallest absolute Gasteiger partial charge is 0.435 e. The number of nitrogens with zero attached hydrogens (tertiary/aromatic N) is 2. The van der Waals surface area contributed by atoms with Crippen LogP contribution in [0.2, 0.25) is 0 Å². The van der Waals surface area contributed by atoms with Crippen LogP contribution in [0.3, 0.4) is 0 Å². The summed E-state index contributed by atoms with van der Waals surface area (Å²) in [6.45, 7) is 6.37. The highest BCUT2D eigenvalue weighted by atomic mass is 19.4. The second-order valence-corrected chi connectivity index (χ2v) is 7.53. The van der Waals surface area contributed by atoms with E-state index in [4.69, 9.17) is 4.74 Å². The fraction of sp³-hybridized carbons (Fsp3) is 0.619. The predicted octanol–water partition coefficient (Wildman–Crippen LogP) is 4.98. The van der Waals surface area contributed by atoms with Gasteiger partial charge in [-0.25, -0.2) is 4.98 Å². The fourth-order valence-corrected chi connectivity index (χ4v) is 3.44. The molecule has 0 aliphatic heterocycles. The van der Waals surface area contributed by atoms with Crippen LogP contribution in [-0.4, -0.2) is 28.0 Å². The Morgan fingerprint density at radius 3 is 2.66 bits per heavy atom. The second-order valence-electron chi connectivity index (χ2n) is 7.53. The van der Waals surface area contributed by atoms with Crippen LogP contribution >= 0.6 is 0 Å². The minimum absolute atomic E-state index is 0.0776. The van der Waals surface area contributed by atoms with E-state index in [0.29, 0.717) is 18.9 Å². The number of alkyl halides is 3. The number of carbonyl (C=O) groups excluding carboxylic acids is 1. The van der Waals surface area contributed by atoms with E-state index in [1.807, 2.05) is 13.8 Å². The summed E-state index contributed by atoms with van der Waals surface area (Å²) in [4.78, 5) is 15.5. The highest BCUT2D eigenvalue weighted by Crippen LogP contribution is 2.32. The van der Waals surface area contributed by atoms with E-state index in [9.17, 15) is 18.0 Å². The van der Waals surface area contributed by atoms with Crippen molar-refractivity contribution < 1.29 is 22.7 Å². The third kappa shape index (κ3) is 7.03. The lowest BCUT2D eigenvalue weighted by atomic mass is 9.94. The van der Waals surface area contributed by atoms with Crippen LogP contribution in [0.15, 0.2) is 24.4 Å². The van der Waals surface area contributed by atoms with Gasteiger partial charge in [-0.2, -0.15) is 13.2 Å². The molecule has 5 nitrogen and oxygen atoms in total. The molecule has 0 saturated heterocycles. The van der Waals surface area contributed by atoms with Gasteiger partial charge in [0.15, 0.2) is 5.69 Å². The average molecular weight is 413 g/mol. The van der Waals surface area contributed by atoms with Gasteiger partial charge in [-0.05, 0) is 51.3 Å². The Morgan fingerprint density at radius 2 is 2.00 bits per heavy atom. The maximum Gasteiger partial charge on any atom is 0.435 e. The van der Waals surface area contributed by atoms with Crippen LogP contribution in [0.1, 0.15) is 64.3 Å². The number of ether oxygens (including phenoxy) is 1. The quantitative estimate of drug-likeness (QED) is 0.417. The van der Waals surface area contributed by atoms with Gasteiger partial charge in [0.25, 0.3) is 0 Å². The molecule has 1 unspecified atom stereocenters. The third-order valence-electron chi connectivity index (χ3n) is 4.74. The molecule has 2 aromatic rings. The Labute approximate surface area is 169 Å². The summed E-state index contributed by atoms with van der Waals surface area (Å²) in [5.41, 5.74) is -0.456. The molecule has 162 valence electrons. The number of fused-ring (bicyclic) bond motifs is 1. The molecule has 0 radical (unpaired) electrons. The zero-order chi connectivity index (χ0) is 21.4. The summed E-state index contributed by atoms with van der Waals surface area (Å²) >= 11 is 0. The van der Waals surface area contributed by atoms with E-state index in [-0.39, 0.29) is 30.0 Å². The molecule has 1 atom stereocenters. The summed E-state index contributed by atoms with van der Waals surface area (Å²) in [5, 5.41) is 3.12. The Balaban J connectivity index is 1.92. The molecule has 0 bridgehead atoms. The van der Waals surface area contributed by atoms with Gasteiger partial charge in [-0.15, -0.1) is 0 Å². The molecular formula is C21H30F3N3O2. The summed E-state index contributed by atoms with van der Waals surface area (Å²) in [5.74, 6) is 0.131. The van der Waals surface area contributed by atoms with Gasteiger partial charge < -0.3 is 14.5 Å². The first-order valence-electron chi connectivity index (χ1n) is 10.2. The number of nitrogens with one attached hydrogen (secondary N) is 1. The zero-order valence-corrected chi connectivity index (χ0v) is 17.3. The lowest BCUT2D eigenvalue weighted by molar-refractivity contribution is -0.147. The molecular weight excluding hydrogens is 383 g/mol. The van der Waals surface area contributed by atoms with Crippen molar-refractivity contribution in [2.75, 3.05) is 6.54 Å². The predicted molar refractivity (Wildman–Crippen MR) is 105 cm³/mol. The fourth-order valence-electron chi connectivity index (χ4n) is 3.44. The first-order chi connectivity index (χ1) is 13.7. The zero-order valence-electron chi connectivity index (χ0n) is 17.3. The molecule has 0 saturated carbocycles. The van der Waals surface area contributed by atoms with Gasteiger partial charge in [0, 0.05) is 19.2 Å². The SMILES string of the molecule is CCCC(CCNCc1c(C(F)(F)F)nc2ccccn12)CCC(=O)OC(C)C. The lowest BCUT2D eigenvalue weighted by Crippen LogP contribution is -2.22. The van der Waals surface area contributed by atoms with Crippen LogP contribution < -0.4 is 5.32 Å². The largest absolute Gasteiger partial charge is 0.463 e. The number of imidazole rings is 1. The highest BCUT2D eigenvalue weighted by Gasteiger charge is 2.37. The number of pyridine rings is 1. The van der Waals surface area contributed by atoms with Gasteiger partial charge in [-0.1, -0.05) is 25.8 Å². The van der Waals surface area contributed by atoms with Gasteiger partial charge >= 0.3 is 12.1 Å². The molecule has 2 heterocycles. The average Bonchev–Trinajstić information content (AvgIpc) is 3.01. The highest BCUT2D eigenvalue weighted by molar-refractivity contribution is 5.69. The number of carbonyl (C=O) groups is 1. The molecule has 2 rings (SSSR count). The molecule has 2 aromatic heterocycles. The molecule has 29 heavy (non-hydrogen) atoms. The molecule has 0 aliphatic rings. The van der Waals surface area contributed by atoms with Crippen molar-refractivity contribution in [2.45, 2.75) is 71.7 Å². The third-order valence-corrected chi connectivity index (χ3v) is 4.74. The standard InChI is InChI=1S/C21H30F3N3O2/c1-4-7-16(9-10-19(28)29-15(2)3)11-12-25-14-17-20(21(22,23)24)26-18-8-5-6-13-27(17)18/h5-6,8,13,15-16,25H,4,7,9-12,14H2,1-3H3. The first-order valence-corrected chi connectivity index (χ1v) is 10.2. The van der Waals surface area contributed by atoms with Gasteiger partial charge in [-0.3, -0.25) is 4.79 Å². The van der Waals surface area contributed by atoms with Crippen LogP contribution in [-0.2, 0) is 22.3 Å². The Bertz CT molecular complexity index is 787. The number of hydrogen-bond donors (Lipinski definition) is 1. The van der Waals surface area contributed by atoms with Crippen LogP contribution in [0.25, 0.3) is 5.65 Å². The summed E-state index contributed by atoms with van der Waals surface area (Å²) in [7, 11) is 0. The number of rotatable bonds is 11. The minimum atomic E-state index is -4.50. The summed E-state index contributed by atoms with van der Waals surface area (Å²) in [6, 6.07) is 4.91. The van der Waals surface area contributed by atoms with E-state index in [2.05, 4.69) is 17.2 Å². The van der Waals surface area contributed by atoms with Crippen molar-refractivity contribution >= 4 is 11.6 Å².